The molecule has 3 heteroatoms. The molecule has 1 unspecified atom stereocenters. The van der Waals surface area contributed by atoms with Crippen molar-refractivity contribution in [3.63, 3.8) is 0 Å². The van der Waals surface area contributed by atoms with E-state index in [9.17, 15) is 3.08 Å². The fourth-order valence-corrected chi connectivity index (χ4v) is 2.16. The van der Waals surface area contributed by atoms with Crippen LogP contribution in [-0.4, -0.2) is 27.6 Å². The third-order valence-corrected chi connectivity index (χ3v) is 3.64. The molecule has 1 atom stereocenters. The number of hydrogen-bond donors (Lipinski definition) is 0. The van der Waals surface area contributed by atoms with Crippen LogP contribution in [0, 0.1) is 0 Å². The van der Waals surface area contributed by atoms with Crippen molar-refractivity contribution in [2.45, 2.75) is 64.9 Å². The summed E-state index contributed by atoms with van der Waals surface area (Å²) in [5.41, 5.74) is 0. The van der Waals surface area contributed by atoms with Crippen LogP contribution in [0.1, 0.15) is 58.8 Å². The van der Waals surface area contributed by atoms with E-state index in [1.165, 1.54) is 38.5 Å². The average Bonchev–Trinajstić information content (AvgIpc) is 2.11. The Balaban J connectivity index is 3.01. The molecule has 0 aliphatic heterocycles. The standard InChI is InChI=1S/C10H21O.O.Sn/c1-3-4-5-6-7-8-9-10(2)11;;/h10H,3-9H2,1-2H3;;/q-1;;+1. The molecule has 0 saturated carbocycles. The van der Waals surface area contributed by atoms with Crippen LogP contribution in [0.3, 0.4) is 0 Å². The van der Waals surface area contributed by atoms with E-state index >= 15 is 0 Å². The molecule has 13 heavy (non-hydrogen) atoms. The van der Waals surface area contributed by atoms with Crippen molar-refractivity contribution in [1.29, 1.82) is 0 Å². The normalized spacial score (nSPS) is 12.8. The maximum absolute atomic E-state index is 10.3. The molecule has 0 spiro atoms. The van der Waals surface area contributed by atoms with Gasteiger partial charge >= 0.3 is 92.6 Å². The Morgan fingerprint density at radius 3 is 2.38 bits per heavy atom. The van der Waals surface area contributed by atoms with Gasteiger partial charge in [0, 0.05) is 0 Å². The minimum absolute atomic E-state index is 0.232. The molecule has 2 nitrogen and oxygen atoms in total. The molecule has 0 fully saturated rings. The molecule has 1 radical (unpaired) electrons. The Morgan fingerprint density at radius 2 is 1.77 bits per heavy atom. The molecule has 0 N–H and O–H groups in total. The summed E-state index contributed by atoms with van der Waals surface area (Å²) in [5, 5.41) is 0. The van der Waals surface area contributed by atoms with Gasteiger partial charge in [0.1, 0.15) is 0 Å². The third kappa shape index (κ3) is 10.5. The van der Waals surface area contributed by atoms with Gasteiger partial charge in [0.25, 0.3) is 0 Å². The zero-order valence-corrected chi connectivity index (χ0v) is 11.7. The molecular formula is C10H21O2Sn. The molecule has 0 heterocycles. The van der Waals surface area contributed by atoms with E-state index in [1.807, 2.05) is 6.92 Å². The van der Waals surface area contributed by atoms with Gasteiger partial charge in [-0.3, -0.25) is 0 Å². The van der Waals surface area contributed by atoms with E-state index in [1.54, 1.807) is 0 Å². The zero-order valence-electron chi connectivity index (χ0n) is 8.84. The molecule has 77 valence electrons. The van der Waals surface area contributed by atoms with Crippen LogP contribution in [0.2, 0.25) is 0 Å². The molecule has 0 amide bonds. The van der Waals surface area contributed by atoms with Crippen molar-refractivity contribution in [2.75, 3.05) is 0 Å². The summed E-state index contributed by atoms with van der Waals surface area (Å²) >= 11 is -1.66. The minimum atomic E-state index is -1.66. The fourth-order valence-electron chi connectivity index (χ4n) is 1.35. The van der Waals surface area contributed by atoms with Crippen molar-refractivity contribution in [1.82, 2.24) is 0 Å². The summed E-state index contributed by atoms with van der Waals surface area (Å²) in [6, 6.07) is 0. The molecule has 0 aliphatic carbocycles. The molecule has 0 bridgehead atoms. The van der Waals surface area contributed by atoms with Crippen molar-refractivity contribution in [3.8, 4) is 0 Å². The first kappa shape index (κ1) is 13.6. The van der Waals surface area contributed by atoms with Crippen LogP contribution in [0.5, 0.6) is 0 Å². The van der Waals surface area contributed by atoms with E-state index in [4.69, 9.17) is 3.07 Å². The summed E-state index contributed by atoms with van der Waals surface area (Å²) < 4.78 is 15.3. The predicted molar refractivity (Wildman–Crippen MR) is 55.0 cm³/mol. The topological polar surface area (TPSA) is 26.3 Å². The van der Waals surface area contributed by atoms with Gasteiger partial charge in [0.05, 0.1) is 0 Å². The van der Waals surface area contributed by atoms with Crippen LogP contribution in [0.25, 0.3) is 0 Å². The first-order chi connectivity index (χ1) is 6.31. The molecule has 0 saturated heterocycles. The summed E-state index contributed by atoms with van der Waals surface area (Å²) in [7, 11) is 0. The van der Waals surface area contributed by atoms with Crippen LogP contribution in [-0.2, 0) is 6.15 Å². The number of rotatable bonds is 9. The van der Waals surface area contributed by atoms with Crippen molar-refractivity contribution >= 4 is 21.5 Å². The monoisotopic (exact) mass is 293 g/mol. The van der Waals surface area contributed by atoms with Gasteiger partial charge in [-0.05, 0) is 0 Å². The van der Waals surface area contributed by atoms with Gasteiger partial charge in [-0.15, -0.1) is 0 Å². The number of hydrogen-bond acceptors (Lipinski definition) is 2. The molecule has 0 aromatic carbocycles. The molecule has 0 aliphatic rings. The average molecular weight is 292 g/mol. The predicted octanol–water partition coefficient (Wildman–Crippen LogP) is 3.11. The number of unbranched alkanes of at least 4 members (excludes halogenated alkanes) is 5. The van der Waals surface area contributed by atoms with Crippen molar-refractivity contribution < 1.29 is 6.15 Å². The van der Waals surface area contributed by atoms with Crippen LogP contribution < -0.4 is 0 Å². The Morgan fingerprint density at radius 1 is 1.15 bits per heavy atom. The molecule has 0 aromatic heterocycles. The van der Waals surface area contributed by atoms with Crippen molar-refractivity contribution in [3.05, 3.63) is 0 Å². The van der Waals surface area contributed by atoms with Crippen LogP contribution in [0.15, 0.2) is 0 Å². The zero-order chi connectivity index (χ0) is 9.94. The second kappa shape index (κ2) is 10.6. The van der Waals surface area contributed by atoms with E-state index in [2.05, 4.69) is 6.92 Å². The second-order valence-corrected chi connectivity index (χ2v) is 4.72. The van der Waals surface area contributed by atoms with Gasteiger partial charge in [-0.2, -0.15) is 0 Å². The summed E-state index contributed by atoms with van der Waals surface area (Å²) in [6.07, 6.45) is 9.22. The SMILES string of the molecule is CCCCCCCCC(C)[O][Sn]=[O]. The Bertz CT molecular complexity index is 117. The first-order valence-corrected chi connectivity index (χ1v) is 7.67. The Hall–Kier alpha value is 0.559. The van der Waals surface area contributed by atoms with Crippen LogP contribution >= 0.6 is 0 Å². The summed E-state index contributed by atoms with van der Waals surface area (Å²) in [5.74, 6) is 0. The fraction of sp³-hybridized carbons (Fsp3) is 1.00. The first-order valence-electron chi connectivity index (χ1n) is 5.34. The Kier molecular flexibility index (Phi) is 11.1. The van der Waals surface area contributed by atoms with Gasteiger partial charge in [0.2, 0.25) is 0 Å². The summed E-state index contributed by atoms with van der Waals surface area (Å²) in [6.45, 7) is 4.25. The van der Waals surface area contributed by atoms with E-state index < -0.39 is 21.5 Å². The quantitative estimate of drug-likeness (QED) is 0.482. The van der Waals surface area contributed by atoms with Gasteiger partial charge in [0.15, 0.2) is 0 Å². The van der Waals surface area contributed by atoms with Gasteiger partial charge in [-0.1, -0.05) is 0 Å². The van der Waals surface area contributed by atoms with Crippen molar-refractivity contribution in [2.24, 2.45) is 0 Å². The van der Waals surface area contributed by atoms with E-state index in [0.717, 1.165) is 6.42 Å². The molecular weight excluding hydrogens is 271 g/mol. The van der Waals surface area contributed by atoms with Gasteiger partial charge < -0.3 is 0 Å². The maximum atomic E-state index is 10.3. The third-order valence-electron chi connectivity index (χ3n) is 2.21. The second-order valence-electron chi connectivity index (χ2n) is 3.57. The van der Waals surface area contributed by atoms with E-state index in [-0.39, 0.29) is 6.10 Å². The molecule has 0 aromatic rings. The Labute approximate surface area is 92.6 Å². The van der Waals surface area contributed by atoms with Gasteiger partial charge in [-0.25, -0.2) is 0 Å². The molecule has 0 rings (SSSR count). The summed E-state index contributed by atoms with van der Waals surface area (Å²) in [4.78, 5) is 0. The van der Waals surface area contributed by atoms with E-state index in [0.29, 0.717) is 0 Å². The van der Waals surface area contributed by atoms with Crippen LogP contribution in [0.4, 0.5) is 0 Å².